The second-order valence-electron chi connectivity index (χ2n) is 4.95. The number of carbonyl (C=O) groups is 3. The summed E-state index contributed by atoms with van der Waals surface area (Å²) >= 11 is 0. The Bertz CT molecular complexity index is 414. The van der Waals surface area contributed by atoms with Crippen molar-refractivity contribution in [1.29, 1.82) is 0 Å². The second-order valence-corrected chi connectivity index (χ2v) is 4.95. The molecule has 0 saturated heterocycles. The second kappa shape index (κ2) is 5.55. The number of ether oxygens (including phenoxy) is 2. The molecule has 0 aromatic rings. The van der Waals surface area contributed by atoms with Gasteiger partial charge in [-0.2, -0.15) is 0 Å². The van der Waals surface area contributed by atoms with E-state index in [0.717, 1.165) is 0 Å². The molecule has 0 bridgehead atoms. The summed E-state index contributed by atoms with van der Waals surface area (Å²) in [5.74, 6) is -1.49. The summed E-state index contributed by atoms with van der Waals surface area (Å²) in [4.78, 5) is 35.8. The number of esters is 2. The molecule has 0 aromatic carbocycles. The molecule has 1 rings (SSSR count). The van der Waals surface area contributed by atoms with E-state index in [2.05, 4.69) is 6.58 Å². The third-order valence-corrected chi connectivity index (χ3v) is 3.47. The first-order valence-electron chi connectivity index (χ1n) is 6.35. The maximum absolute atomic E-state index is 12.6. The van der Waals surface area contributed by atoms with E-state index in [9.17, 15) is 14.4 Å². The summed E-state index contributed by atoms with van der Waals surface area (Å²) in [5.41, 5.74) is -2.51. The normalized spacial score (nSPS) is 29.9. The van der Waals surface area contributed by atoms with Crippen LogP contribution in [0.4, 0.5) is 0 Å². The summed E-state index contributed by atoms with van der Waals surface area (Å²) in [6.45, 7) is 8.26. The first kappa shape index (κ1) is 15.4. The topological polar surface area (TPSA) is 69.7 Å². The van der Waals surface area contributed by atoms with Gasteiger partial charge in [-0.1, -0.05) is 6.08 Å². The van der Waals surface area contributed by atoms with E-state index in [1.165, 1.54) is 13.0 Å². The molecule has 0 N–H and O–H groups in total. The molecule has 0 aromatic heterocycles. The number of hydrogen-bond acceptors (Lipinski definition) is 5. The van der Waals surface area contributed by atoms with E-state index in [-0.39, 0.29) is 13.0 Å². The summed E-state index contributed by atoms with van der Waals surface area (Å²) in [6, 6.07) is 0. The Morgan fingerprint density at radius 3 is 2.53 bits per heavy atom. The number of ketones is 1. The van der Waals surface area contributed by atoms with Crippen LogP contribution in [0.3, 0.4) is 0 Å². The molecule has 0 aliphatic heterocycles. The van der Waals surface area contributed by atoms with Crippen molar-refractivity contribution in [3.05, 3.63) is 12.7 Å². The van der Waals surface area contributed by atoms with Gasteiger partial charge >= 0.3 is 11.9 Å². The Kier molecular flexibility index (Phi) is 4.50. The fourth-order valence-corrected chi connectivity index (χ4v) is 2.59. The molecule has 5 nitrogen and oxygen atoms in total. The summed E-state index contributed by atoms with van der Waals surface area (Å²) in [7, 11) is 0. The van der Waals surface area contributed by atoms with Crippen LogP contribution in [0.25, 0.3) is 0 Å². The molecular weight excluding hydrogens is 248 g/mol. The van der Waals surface area contributed by atoms with Crippen LogP contribution < -0.4 is 0 Å². The van der Waals surface area contributed by atoms with Gasteiger partial charge in [0.1, 0.15) is 5.41 Å². The maximum Gasteiger partial charge on any atom is 0.320 e. The quantitative estimate of drug-likeness (QED) is 0.432. The molecule has 0 heterocycles. The molecule has 106 valence electrons. The van der Waals surface area contributed by atoms with Crippen LogP contribution in [-0.4, -0.2) is 29.9 Å². The molecule has 19 heavy (non-hydrogen) atoms. The number of Topliss-reactive ketones (excluding diaryl/α,β-unsaturated/α-hetero) is 1. The molecule has 1 fully saturated rings. The maximum atomic E-state index is 12.6. The number of carbonyl (C=O) groups excluding carboxylic acids is 3. The fourth-order valence-electron chi connectivity index (χ4n) is 2.59. The summed E-state index contributed by atoms with van der Waals surface area (Å²) in [6.07, 6.45) is 2.34. The molecule has 1 aliphatic carbocycles. The van der Waals surface area contributed by atoms with Crippen molar-refractivity contribution in [2.75, 3.05) is 6.61 Å². The Labute approximate surface area is 112 Å². The highest BCUT2D eigenvalue weighted by molar-refractivity contribution is 6.10. The van der Waals surface area contributed by atoms with Crippen LogP contribution in [0.2, 0.25) is 0 Å². The molecule has 0 amide bonds. The third-order valence-electron chi connectivity index (χ3n) is 3.47. The number of hydrogen-bond donors (Lipinski definition) is 0. The summed E-state index contributed by atoms with van der Waals surface area (Å²) < 4.78 is 10.1. The lowest BCUT2D eigenvalue weighted by Crippen LogP contribution is -2.46. The van der Waals surface area contributed by atoms with Crippen molar-refractivity contribution >= 4 is 17.7 Å². The van der Waals surface area contributed by atoms with Gasteiger partial charge in [0.15, 0.2) is 11.4 Å². The third kappa shape index (κ3) is 2.69. The van der Waals surface area contributed by atoms with Crippen LogP contribution in [0.15, 0.2) is 12.7 Å². The fraction of sp³-hybridized carbons (Fsp3) is 0.643. The van der Waals surface area contributed by atoms with Gasteiger partial charge < -0.3 is 9.47 Å². The summed E-state index contributed by atoms with van der Waals surface area (Å²) in [5, 5.41) is 0. The molecule has 0 radical (unpaired) electrons. The lowest BCUT2D eigenvalue weighted by molar-refractivity contribution is -0.169. The van der Waals surface area contributed by atoms with Crippen molar-refractivity contribution < 1.29 is 23.9 Å². The first-order valence-corrected chi connectivity index (χ1v) is 6.35. The minimum Gasteiger partial charge on any atom is -0.465 e. The predicted molar refractivity (Wildman–Crippen MR) is 68.3 cm³/mol. The molecule has 0 spiro atoms. The molecule has 1 saturated carbocycles. The number of allylic oxidation sites excluding steroid dienone is 1. The number of rotatable bonds is 5. The zero-order valence-corrected chi connectivity index (χ0v) is 11.7. The van der Waals surface area contributed by atoms with Gasteiger partial charge in [0, 0.05) is 6.92 Å². The van der Waals surface area contributed by atoms with Crippen molar-refractivity contribution in [3.8, 4) is 0 Å². The predicted octanol–water partition coefficient (Wildman–Crippen LogP) is 1.80. The molecule has 5 heteroatoms. The lowest BCUT2D eigenvalue weighted by Gasteiger charge is -2.27. The van der Waals surface area contributed by atoms with Crippen molar-refractivity contribution in [2.24, 2.45) is 5.41 Å². The van der Waals surface area contributed by atoms with Crippen molar-refractivity contribution in [1.82, 2.24) is 0 Å². The van der Waals surface area contributed by atoms with Crippen LogP contribution >= 0.6 is 0 Å². The highest BCUT2D eigenvalue weighted by atomic mass is 16.6. The molecule has 1 aliphatic rings. The van der Waals surface area contributed by atoms with E-state index in [4.69, 9.17) is 9.47 Å². The standard InChI is InChI=1S/C14H20O5/c1-5-7-14(12(17)18-6-2)9-8-13(4,11(14)16)19-10(3)15/h5H,1,6-9H2,2-4H3. The van der Waals surface area contributed by atoms with Gasteiger partial charge in [-0.3, -0.25) is 14.4 Å². The Morgan fingerprint density at radius 1 is 1.42 bits per heavy atom. The van der Waals surface area contributed by atoms with Gasteiger partial charge in [0.25, 0.3) is 0 Å². The zero-order valence-electron chi connectivity index (χ0n) is 11.7. The van der Waals surface area contributed by atoms with E-state index in [1.807, 2.05) is 0 Å². The first-order chi connectivity index (χ1) is 8.82. The van der Waals surface area contributed by atoms with Crippen molar-refractivity contribution in [2.45, 2.75) is 45.6 Å². The molecule has 2 atom stereocenters. The zero-order chi connectivity index (χ0) is 14.7. The van der Waals surface area contributed by atoms with Crippen LogP contribution in [0.5, 0.6) is 0 Å². The van der Waals surface area contributed by atoms with Gasteiger partial charge in [0.05, 0.1) is 6.61 Å². The minimum atomic E-state index is -1.26. The monoisotopic (exact) mass is 268 g/mol. The highest BCUT2D eigenvalue weighted by Crippen LogP contribution is 2.46. The van der Waals surface area contributed by atoms with Crippen LogP contribution in [0.1, 0.15) is 40.0 Å². The van der Waals surface area contributed by atoms with E-state index in [1.54, 1.807) is 13.8 Å². The SMILES string of the molecule is C=CCC1(C(=O)OCC)CCC(C)(OC(C)=O)C1=O. The van der Waals surface area contributed by atoms with Gasteiger partial charge in [-0.15, -0.1) is 6.58 Å². The van der Waals surface area contributed by atoms with E-state index in [0.29, 0.717) is 12.8 Å². The van der Waals surface area contributed by atoms with E-state index < -0.39 is 28.7 Å². The minimum absolute atomic E-state index is 0.196. The smallest absolute Gasteiger partial charge is 0.320 e. The highest BCUT2D eigenvalue weighted by Gasteiger charge is 2.60. The van der Waals surface area contributed by atoms with E-state index >= 15 is 0 Å². The average Bonchev–Trinajstić information content (AvgIpc) is 2.55. The lowest BCUT2D eigenvalue weighted by atomic mass is 9.80. The molecule has 2 unspecified atom stereocenters. The Hall–Kier alpha value is -1.65. The van der Waals surface area contributed by atoms with Crippen LogP contribution in [0, 0.1) is 5.41 Å². The van der Waals surface area contributed by atoms with Crippen LogP contribution in [-0.2, 0) is 23.9 Å². The van der Waals surface area contributed by atoms with Gasteiger partial charge in [-0.25, -0.2) is 0 Å². The largest absolute Gasteiger partial charge is 0.465 e. The Morgan fingerprint density at radius 2 is 2.05 bits per heavy atom. The van der Waals surface area contributed by atoms with Gasteiger partial charge in [-0.05, 0) is 33.1 Å². The van der Waals surface area contributed by atoms with Crippen molar-refractivity contribution in [3.63, 3.8) is 0 Å². The Balaban J connectivity index is 3.09. The molecular formula is C14H20O5. The average molecular weight is 268 g/mol. The van der Waals surface area contributed by atoms with Gasteiger partial charge in [0.2, 0.25) is 0 Å².